The monoisotopic (exact) mass is 339 g/mol. The summed E-state index contributed by atoms with van der Waals surface area (Å²) in [6.07, 6.45) is 0. The van der Waals surface area contributed by atoms with Crippen LogP contribution < -0.4 is 5.73 Å². The van der Waals surface area contributed by atoms with Gasteiger partial charge in [0.1, 0.15) is 0 Å². The number of hydrogen-bond donors (Lipinski definition) is 1. The van der Waals surface area contributed by atoms with Crippen LogP contribution in [0.4, 0.5) is 0 Å². The van der Waals surface area contributed by atoms with E-state index in [9.17, 15) is 4.79 Å². The molecule has 0 radical (unpaired) electrons. The topological polar surface area (TPSA) is 49.6 Å². The fourth-order valence-electron chi connectivity index (χ4n) is 2.75. The third-order valence-corrected chi connectivity index (χ3v) is 4.35. The first-order chi connectivity index (χ1) is 12.1. The number of carbonyl (C=O) groups excluding carboxylic acids is 1. The number of nitrogens with zero attached hydrogens (tertiary/aromatic N) is 2. The minimum Gasteiger partial charge on any atom is -0.337 e. The Morgan fingerprint density at radius 2 is 1.44 bits per heavy atom. The van der Waals surface area contributed by atoms with Gasteiger partial charge in [-0.1, -0.05) is 67.6 Å². The Hall–Kier alpha value is -2.17. The van der Waals surface area contributed by atoms with Crippen LogP contribution in [0.3, 0.4) is 0 Å². The predicted octanol–water partition coefficient (Wildman–Crippen LogP) is 2.74. The highest BCUT2D eigenvalue weighted by Crippen LogP contribution is 2.10. The lowest BCUT2D eigenvalue weighted by molar-refractivity contribution is -0.135. The standard InChI is InChI=1S/C21H29N3O/c1-18(15-22)21(25)24(17-20-11-7-4-8-12-20)14-13-23(2)16-19-9-5-3-6-10-19/h3-12,18H,13-17,22H2,1-2H3. The average molecular weight is 339 g/mol. The third-order valence-electron chi connectivity index (χ3n) is 4.35. The van der Waals surface area contributed by atoms with E-state index in [-0.39, 0.29) is 11.8 Å². The van der Waals surface area contributed by atoms with Gasteiger partial charge in [0, 0.05) is 38.6 Å². The molecule has 134 valence electrons. The van der Waals surface area contributed by atoms with Crippen LogP contribution in [0.15, 0.2) is 60.7 Å². The second kappa shape index (κ2) is 9.97. The zero-order valence-corrected chi connectivity index (χ0v) is 15.3. The molecule has 0 aromatic heterocycles. The lowest BCUT2D eigenvalue weighted by Gasteiger charge is -2.28. The highest BCUT2D eigenvalue weighted by Gasteiger charge is 2.20. The van der Waals surface area contributed by atoms with Gasteiger partial charge < -0.3 is 15.5 Å². The minimum absolute atomic E-state index is 0.125. The molecule has 4 heteroatoms. The maximum absolute atomic E-state index is 12.7. The van der Waals surface area contributed by atoms with Gasteiger partial charge in [-0.25, -0.2) is 0 Å². The van der Waals surface area contributed by atoms with Crippen molar-refractivity contribution >= 4 is 5.91 Å². The van der Waals surface area contributed by atoms with E-state index in [1.54, 1.807) is 0 Å². The van der Waals surface area contributed by atoms with E-state index in [1.165, 1.54) is 5.56 Å². The maximum atomic E-state index is 12.7. The molecule has 0 saturated carbocycles. The highest BCUT2D eigenvalue weighted by molar-refractivity contribution is 5.78. The molecule has 1 unspecified atom stereocenters. The molecule has 25 heavy (non-hydrogen) atoms. The summed E-state index contributed by atoms with van der Waals surface area (Å²) in [5.74, 6) is -0.0254. The molecule has 0 aliphatic heterocycles. The van der Waals surface area contributed by atoms with Crippen LogP contribution in [-0.2, 0) is 17.9 Å². The van der Waals surface area contributed by atoms with Gasteiger partial charge in [-0.2, -0.15) is 0 Å². The molecule has 1 amide bonds. The fraction of sp³-hybridized carbons (Fsp3) is 0.381. The number of hydrogen-bond acceptors (Lipinski definition) is 3. The molecule has 0 aliphatic carbocycles. The Labute approximate surface area is 151 Å². The van der Waals surface area contributed by atoms with Crippen LogP contribution in [0, 0.1) is 5.92 Å². The molecule has 4 nitrogen and oxygen atoms in total. The van der Waals surface area contributed by atoms with Crippen molar-refractivity contribution in [3.63, 3.8) is 0 Å². The van der Waals surface area contributed by atoms with E-state index in [0.29, 0.717) is 19.6 Å². The van der Waals surface area contributed by atoms with Crippen molar-refractivity contribution in [3.8, 4) is 0 Å². The van der Waals surface area contributed by atoms with Crippen LogP contribution in [0.5, 0.6) is 0 Å². The number of nitrogens with two attached hydrogens (primary N) is 1. The Balaban J connectivity index is 1.96. The van der Waals surface area contributed by atoms with Crippen molar-refractivity contribution in [1.29, 1.82) is 0 Å². The largest absolute Gasteiger partial charge is 0.337 e. The Morgan fingerprint density at radius 3 is 1.96 bits per heavy atom. The van der Waals surface area contributed by atoms with Crippen LogP contribution in [0.1, 0.15) is 18.1 Å². The van der Waals surface area contributed by atoms with Gasteiger partial charge >= 0.3 is 0 Å². The summed E-state index contributed by atoms with van der Waals surface area (Å²) in [5.41, 5.74) is 8.13. The summed E-state index contributed by atoms with van der Waals surface area (Å²) >= 11 is 0. The van der Waals surface area contributed by atoms with Crippen molar-refractivity contribution in [2.24, 2.45) is 11.7 Å². The van der Waals surface area contributed by atoms with Crippen LogP contribution in [-0.4, -0.2) is 42.4 Å². The molecule has 0 spiro atoms. The van der Waals surface area contributed by atoms with Gasteiger partial charge in [0.2, 0.25) is 5.91 Å². The van der Waals surface area contributed by atoms with Crippen LogP contribution in [0.25, 0.3) is 0 Å². The van der Waals surface area contributed by atoms with E-state index in [1.807, 2.05) is 36.1 Å². The molecule has 0 heterocycles. The SMILES string of the molecule is CC(CN)C(=O)N(CCN(C)Cc1ccccc1)Cc1ccccc1. The predicted molar refractivity (Wildman–Crippen MR) is 103 cm³/mol. The first-order valence-corrected chi connectivity index (χ1v) is 8.85. The number of amides is 1. The maximum Gasteiger partial charge on any atom is 0.227 e. The Kier molecular flexibility index (Phi) is 7.64. The normalized spacial score (nSPS) is 12.2. The van der Waals surface area contributed by atoms with Crippen molar-refractivity contribution in [2.75, 3.05) is 26.7 Å². The van der Waals surface area contributed by atoms with Gasteiger partial charge in [-0.3, -0.25) is 4.79 Å². The summed E-state index contributed by atoms with van der Waals surface area (Å²) in [7, 11) is 2.09. The summed E-state index contributed by atoms with van der Waals surface area (Å²) in [6, 6.07) is 20.5. The molecule has 0 bridgehead atoms. The second-order valence-electron chi connectivity index (χ2n) is 6.61. The molecule has 2 aromatic carbocycles. The Bertz CT molecular complexity index is 630. The van der Waals surface area contributed by atoms with E-state index in [4.69, 9.17) is 5.73 Å². The molecular weight excluding hydrogens is 310 g/mol. The van der Waals surface area contributed by atoms with Gasteiger partial charge in [0.25, 0.3) is 0 Å². The number of likely N-dealkylation sites (N-methyl/N-ethyl adjacent to an activating group) is 1. The van der Waals surface area contributed by atoms with Gasteiger partial charge in [0.15, 0.2) is 0 Å². The van der Waals surface area contributed by atoms with Crippen molar-refractivity contribution in [1.82, 2.24) is 9.80 Å². The molecule has 0 saturated heterocycles. The smallest absolute Gasteiger partial charge is 0.227 e. The van der Waals surface area contributed by atoms with Crippen molar-refractivity contribution < 1.29 is 4.79 Å². The summed E-state index contributed by atoms with van der Waals surface area (Å²) in [6.45, 7) is 5.30. The van der Waals surface area contributed by atoms with Gasteiger partial charge in [-0.15, -0.1) is 0 Å². The summed E-state index contributed by atoms with van der Waals surface area (Å²) in [5, 5.41) is 0. The quantitative estimate of drug-likeness (QED) is 0.764. The Morgan fingerprint density at radius 1 is 0.920 bits per heavy atom. The lowest BCUT2D eigenvalue weighted by atomic mass is 10.1. The number of carbonyl (C=O) groups is 1. The third kappa shape index (κ3) is 6.33. The lowest BCUT2D eigenvalue weighted by Crippen LogP contribution is -2.41. The summed E-state index contributed by atoms with van der Waals surface area (Å²) < 4.78 is 0. The van der Waals surface area contributed by atoms with Gasteiger partial charge in [-0.05, 0) is 18.2 Å². The van der Waals surface area contributed by atoms with Crippen molar-refractivity contribution in [2.45, 2.75) is 20.0 Å². The number of benzene rings is 2. The molecule has 2 aromatic rings. The minimum atomic E-state index is -0.150. The molecule has 2 N–H and O–H groups in total. The van der Waals surface area contributed by atoms with E-state index < -0.39 is 0 Å². The first-order valence-electron chi connectivity index (χ1n) is 8.85. The van der Waals surface area contributed by atoms with Crippen LogP contribution in [0.2, 0.25) is 0 Å². The zero-order chi connectivity index (χ0) is 18.1. The highest BCUT2D eigenvalue weighted by atomic mass is 16.2. The molecule has 2 rings (SSSR count). The second-order valence-corrected chi connectivity index (χ2v) is 6.61. The average Bonchev–Trinajstić information content (AvgIpc) is 2.65. The van der Waals surface area contributed by atoms with E-state index >= 15 is 0 Å². The van der Waals surface area contributed by atoms with E-state index in [2.05, 4.69) is 48.3 Å². The molecule has 0 fully saturated rings. The van der Waals surface area contributed by atoms with E-state index in [0.717, 1.165) is 18.7 Å². The fourth-order valence-corrected chi connectivity index (χ4v) is 2.75. The molecular formula is C21H29N3O. The molecule has 1 atom stereocenters. The first kappa shape index (κ1) is 19.2. The van der Waals surface area contributed by atoms with Crippen LogP contribution >= 0.6 is 0 Å². The van der Waals surface area contributed by atoms with Gasteiger partial charge in [0.05, 0.1) is 0 Å². The summed E-state index contributed by atoms with van der Waals surface area (Å²) in [4.78, 5) is 16.8. The zero-order valence-electron chi connectivity index (χ0n) is 15.3. The van der Waals surface area contributed by atoms with Crippen molar-refractivity contribution in [3.05, 3.63) is 71.8 Å². The number of rotatable bonds is 9. The molecule has 0 aliphatic rings.